The molecule has 0 aromatic carbocycles. The third-order valence-corrected chi connectivity index (χ3v) is 4.53. The van der Waals surface area contributed by atoms with Crippen LogP contribution in [0.4, 0.5) is 0 Å². The normalized spacial score (nSPS) is 29.3. The molecular weight excluding hydrogens is 266 g/mol. The monoisotopic (exact) mass is 297 g/mol. The van der Waals surface area contributed by atoms with Gasteiger partial charge in [-0.25, -0.2) is 0 Å². The first kappa shape index (κ1) is 16.8. The Kier molecular flexibility index (Phi) is 6.49. The Morgan fingerprint density at radius 2 is 2.05 bits per heavy atom. The van der Waals surface area contributed by atoms with Crippen LogP contribution in [0, 0.1) is 0 Å². The summed E-state index contributed by atoms with van der Waals surface area (Å²) in [6, 6.07) is 0.508. The van der Waals surface area contributed by atoms with Gasteiger partial charge in [-0.3, -0.25) is 10.1 Å². The van der Waals surface area contributed by atoms with Crippen molar-refractivity contribution in [3.8, 4) is 0 Å². The molecule has 2 aliphatic carbocycles. The van der Waals surface area contributed by atoms with Crippen LogP contribution in [0.5, 0.6) is 0 Å². The van der Waals surface area contributed by atoms with Crippen LogP contribution in [-0.2, 0) is 14.3 Å². The van der Waals surface area contributed by atoms with Gasteiger partial charge in [-0.1, -0.05) is 19.8 Å². The highest BCUT2D eigenvalue weighted by atomic mass is 16.5. The number of esters is 1. The van der Waals surface area contributed by atoms with E-state index < -0.39 is 5.54 Å². The first-order chi connectivity index (χ1) is 10.2. The largest absolute Gasteiger partial charge is 0.465 e. The van der Waals surface area contributed by atoms with Crippen LogP contribution in [0.1, 0.15) is 71.6 Å². The average molecular weight is 297 g/mol. The Bertz CT molecular complexity index is 330. The third kappa shape index (κ3) is 4.96. The van der Waals surface area contributed by atoms with E-state index >= 15 is 0 Å². The maximum Gasteiger partial charge on any atom is 0.326 e. The van der Waals surface area contributed by atoms with Crippen molar-refractivity contribution in [2.24, 2.45) is 0 Å². The summed E-state index contributed by atoms with van der Waals surface area (Å²) in [6.07, 6.45) is 9.88. The summed E-state index contributed by atoms with van der Waals surface area (Å²) in [5, 5.41) is 3.57. The number of hydrogen-bond donors (Lipinski definition) is 1. The summed E-state index contributed by atoms with van der Waals surface area (Å²) in [7, 11) is 0. The van der Waals surface area contributed by atoms with Crippen LogP contribution in [-0.4, -0.2) is 36.9 Å². The molecular formula is C17H31NO3. The molecule has 0 saturated heterocycles. The van der Waals surface area contributed by atoms with Gasteiger partial charge in [0.05, 0.1) is 12.7 Å². The topological polar surface area (TPSA) is 47.6 Å². The SMILES string of the molecule is CCCCCOC1CCCC(NC2CC2)(C(=O)OCC)C1. The lowest BCUT2D eigenvalue weighted by molar-refractivity contribution is -0.155. The lowest BCUT2D eigenvalue weighted by atomic mass is 9.79. The van der Waals surface area contributed by atoms with Gasteiger partial charge in [-0.2, -0.15) is 0 Å². The molecule has 2 aliphatic rings. The van der Waals surface area contributed by atoms with Crippen molar-refractivity contribution in [2.45, 2.75) is 89.3 Å². The molecule has 2 fully saturated rings. The van der Waals surface area contributed by atoms with E-state index in [9.17, 15) is 4.79 Å². The molecule has 0 spiro atoms. The van der Waals surface area contributed by atoms with Crippen LogP contribution >= 0.6 is 0 Å². The lowest BCUT2D eigenvalue weighted by Crippen LogP contribution is -2.57. The van der Waals surface area contributed by atoms with Gasteiger partial charge in [0.25, 0.3) is 0 Å². The summed E-state index contributed by atoms with van der Waals surface area (Å²) in [4.78, 5) is 12.5. The Labute approximate surface area is 129 Å². The van der Waals surface area contributed by atoms with Crippen molar-refractivity contribution >= 4 is 5.97 Å². The fraction of sp³-hybridized carbons (Fsp3) is 0.941. The first-order valence-corrected chi connectivity index (χ1v) is 8.76. The fourth-order valence-corrected chi connectivity index (χ4v) is 3.23. The molecule has 21 heavy (non-hydrogen) atoms. The first-order valence-electron chi connectivity index (χ1n) is 8.76. The summed E-state index contributed by atoms with van der Waals surface area (Å²) >= 11 is 0. The minimum Gasteiger partial charge on any atom is -0.465 e. The van der Waals surface area contributed by atoms with Crippen LogP contribution in [0.2, 0.25) is 0 Å². The Hall–Kier alpha value is -0.610. The van der Waals surface area contributed by atoms with Gasteiger partial charge in [0, 0.05) is 19.1 Å². The van der Waals surface area contributed by atoms with Crippen molar-refractivity contribution in [2.75, 3.05) is 13.2 Å². The van der Waals surface area contributed by atoms with Gasteiger partial charge in [-0.15, -0.1) is 0 Å². The molecule has 4 nitrogen and oxygen atoms in total. The number of carbonyl (C=O) groups excluding carboxylic acids is 1. The molecule has 2 unspecified atom stereocenters. The molecule has 0 amide bonds. The maximum absolute atomic E-state index is 12.5. The highest BCUT2D eigenvalue weighted by molar-refractivity contribution is 5.81. The molecule has 0 aliphatic heterocycles. The molecule has 2 saturated carbocycles. The summed E-state index contributed by atoms with van der Waals surface area (Å²) in [5.41, 5.74) is -0.495. The quantitative estimate of drug-likeness (QED) is 0.524. The Morgan fingerprint density at radius 1 is 1.24 bits per heavy atom. The number of ether oxygens (including phenoxy) is 2. The van der Waals surface area contributed by atoms with Crippen LogP contribution in [0.25, 0.3) is 0 Å². The number of rotatable bonds is 9. The molecule has 0 heterocycles. The second kappa shape index (κ2) is 8.14. The number of unbranched alkanes of at least 4 members (excludes halogenated alkanes) is 2. The van der Waals surface area contributed by atoms with E-state index in [-0.39, 0.29) is 12.1 Å². The molecule has 0 aromatic heterocycles. The smallest absolute Gasteiger partial charge is 0.326 e. The van der Waals surface area contributed by atoms with Crippen molar-refractivity contribution in [1.29, 1.82) is 0 Å². The maximum atomic E-state index is 12.5. The highest BCUT2D eigenvalue weighted by Crippen LogP contribution is 2.35. The minimum absolute atomic E-state index is 0.0706. The van der Waals surface area contributed by atoms with Gasteiger partial charge >= 0.3 is 5.97 Å². The Balaban J connectivity index is 1.90. The predicted octanol–water partition coefficient (Wildman–Crippen LogP) is 3.19. The Morgan fingerprint density at radius 3 is 2.71 bits per heavy atom. The van der Waals surface area contributed by atoms with E-state index in [2.05, 4.69) is 12.2 Å². The fourth-order valence-electron chi connectivity index (χ4n) is 3.23. The molecule has 2 atom stereocenters. The van der Waals surface area contributed by atoms with Gasteiger partial charge in [-0.05, 0) is 45.4 Å². The summed E-state index contributed by atoms with van der Waals surface area (Å²) in [6.45, 7) is 5.35. The van der Waals surface area contributed by atoms with Crippen molar-refractivity contribution in [3.05, 3.63) is 0 Å². The second-order valence-electron chi connectivity index (χ2n) is 6.52. The molecule has 0 radical (unpaired) electrons. The van der Waals surface area contributed by atoms with E-state index in [0.717, 1.165) is 38.7 Å². The number of carbonyl (C=O) groups is 1. The molecule has 122 valence electrons. The van der Waals surface area contributed by atoms with E-state index in [1.807, 2.05) is 6.92 Å². The molecule has 4 heteroatoms. The minimum atomic E-state index is -0.495. The van der Waals surface area contributed by atoms with Crippen molar-refractivity contribution in [3.63, 3.8) is 0 Å². The van der Waals surface area contributed by atoms with Crippen LogP contribution in [0.15, 0.2) is 0 Å². The third-order valence-electron chi connectivity index (χ3n) is 4.53. The van der Waals surface area contributed by atoms with E-state index in [1.165, 1.54) is 25.7 Å². The zero-order valence-electron chi connectivity index (χ0n) is 13.7. The van der Waals surface area contributed by atoms with Crippen LogP contribution in [0.3, 0.4) is 0 Å². The molecule has 1 N–H and O–H groups in total. The summed E-state index contributed by atoms with van der Waals surface area (Å²) in [5.74, 6) is -0.0706. The standard InChI is InChI=1S/C17H31NO3/c1-3-5-6-12-21-15-8-7-11-17(13-15,16(19)20-4-2)18-14-9-10-14/h14-15,18H,3-13H2,1-2H3. The average Bonchev–Trinajstić information content (AvgIpc) is 3.28. The van der Waals surface area contributed by atoms with E-state index in [4.69, 9.17) is 9.47 Å². The van der Waals surface area contributed by atoms with E-state index in [1.54, 1.807) is 0 Å². The number of nitrogens with one attached hydrogen (secondary N) is 1. The number of hydrogen-bond acceptors (Lipinski definition) is 4. The molecule has 0 bridgehead atoms. The van der Waals surface area contributed by atoms with E-state index in [0.29, 0.717) is 12.6 Å². The summed E-state index contributed by atoms with van der Waals surface area (Å²) < 4.78 is 11.4. The highest BCUT2D eigenvalue weighted by Gasteiger charge is 2.47. The zero-order valence-corrected chi connectivity index (χ0v) is 13.7. The zero-order chi connectivity index (χ0) is 15.1. The molecule has 2 rings (SSSR count). The van der Waals surface area contributed by atoms with Gasteiger partial charge in [0.15, 0.2) is 0 Å². The van der Waals surface area contributed by atoms with Crippen molar-refractivity contribution in [1.82, 2.24) is 5.32 Å². The van der Waals surface area contributed by atoms with Crippen LogP contribution < -0.4 is 5.32 Å². The predicted molar refractivity (Wildman–Crippen MR) is 83.3 cm³/mol. The second-order valence-corrected chi connectivity index (χ2v) is 6.52. The lowest BCUT2D eigenvalue weighted by Gasteiger charge is -2.39. The van der Waals surface area contributed by atoms with Gasteiger partial charge < -0.3 is 9.47 Å². The molecule has 0 aromatic rings. The van der Waals surface area contributed by atoms with Gasteiger partial charge in [0.1, 0.15) is 5.54 Å². The van der Waals surface area contributed by atoms with Gasteiger partial charge in [0.2, 0.25) is 0 Å². The van der Waals surface area contributed by atoms with Crippen molar-refractivity contribution < 1.29 is 14.3 Å².